The summed E-state index contributed by atoms with van der Waals surface area (Å²) in [5.74, 6) is -2.63. The predicted molar refractivity (Wildman–Crippen MR) is 67.3 cm³/mol. The van der Waals surface area contributed by atoms with E-state index < -0.39 is 29.1 Å². The lowest BCUT2D eigenvalue weighted by molar-refractivity contribution is -0.140. The maximum absolute atomic E-state index is 13.8. The van der Waals surface area contributed by atoms with E-state index in [-0.39, 0.29) is 6.10 Å². The third-order valence-corrected chi connectivity index (χ3v) is 3.46. The molecular weight excluding hydrogens is 290 g/mol. The number of likely N-dealkylation sites (tertiary alicyclic amines) is 1. The van der Waals surface area contributed by atoms with Crippen molar-refractivity contribution >= 4 is 5.97 Å². The number of rotatable bonds is 2. The molecule has 0 N–H and O–H groups in total. The molecule has 1 aromatic carbocycles. The highest BCUT2D eigenvalue weighted by molar-refractivity contribution is 5.90. The van der Waals surface area contributed by atoms with Crippen molar-refractivity contribution in [2.24, 2.45) is 0 Å². The van der Waals surface area contributed by atoms with Crippen molar-refractivity contribution in [1.82, 2.24) is 4.90 Å². The number of halogens is 4. The number of benzene rings is 1. The zero-order chi connectivity index (χ0) is 15.6. The summed E-state index contributed by atoms with van der Waals surface area (Å²) < 4.78 is 56.7. The van der Waals surface area contributed by atoms with Crippen molar-refractivity contribution in [3.63, 3.8) is 0 Å². The van der Waals surface area contributed by atoms with Gasteiger partial charge >= 0.3 is 12.1 Å². The van der Waals surface area contributed by atoms with Crippen LogP contribution in [0.1, 0.15) is 28.8 Å². The number of hydrogen-bond acceptors (Lipinski definition) is 3. The Labute approximate surface area is 119 Å². The smallest absolute Gasteiger partial charge is 0.419 e. The molecule has 1 heterocycles. The van der Waals surface area contributed by atoms with Gasteiger partial charge in [0.25, 0.3) is 0 Å². The SMILES string of the molecule is CN1CCC(OC(=O)c2cccc(C(F)(F)F)c2F)CC1. The first-order valence-electron chi connectivity index (χ1n) is 6.54. The highest BCUT2D eigenvalue weighted by atomic mass is 19.4. The molecule has 2 rings (SSSR count). The van der Waals surface area contributed by atoms with Crippen LogP contribution in [0.2, 0.25) is 0 Å². The van der Waals surface area contributed by atoms with E-state index in [0.29, 0.717) is 18.9 Å². The summed E-state index contributed by atoms with van der Waals surface area (Å²) in [6, 6.07) is 2.60. The molecule has 1 aliphatic rings. The second-order valence-corrected chi connectivity index (χ2v) is 5.07. The van der Waals surface area contributed by atoms with Crippen LogP contribution >= 0.6 is 0 Å². The topological polar surface area (TPSA) is 29.5 Å². The summed E-state index contributed by atoms with van der Waals surface area (Å²) in [6.07, 6.45) is -4.05. The van der Waals surface area contributed by atoms with Crippen molar-refractivity contribution in [1.29, 1.82) is 0 Å². The van der Waals surface area contributed by atoms with Gasteiger partial charge in [-0.05, 0) is 32.0 Å². The molecule has 1 aromatic rings. The lowest BCUT2D eigenvalue weighted by atomic mass is 10.1. The van der Waals surface area contributed by atoms with E-state index in [1.807, 2.05) is 7.05 Å². The number of hydrogen-bond donors (Lipinski definition) is 0. The van der Waals surface area contributed by atoms with Crippen LogP contribution in [0.25, 0.3) is 0 Å². The molecule has 1 saturated heterocycles. The van der Waals surface area contributed by atoms with Crippen molar-refractivity contribution < 1.29 is 27.1 Å². The van der Waals surface area contributed by atoms with Gasteiger partial charge < -0.3 is 9.64 Å². The van der Waals surface area contributed by atoms with Crippen LogP contribution in [0.15, 0.2) is 18.2 Å². The molecule has 0 bridgehead atoms. The number of ether oxygens (including phenoxy) is 1. The van der Waals surface area contributed by atoms with Gasteiger partial charge in [0.2, 0.25) is 0 Å². The van der Waals surface area contributed by atoms with E-state index in [1.54, 1.807) is 0 Å². The Morgan fingerprint density at radius 1 is 1.29 bits per heavy atom. The van der Waals surface area contributed by atoms with Crippen molar-refractivity contribution in [2.75, 3.05) is 20.1 Å². The molecule has 0 amide bonds. The molecule has 0 radical (unpaired) electrons. The van der Waals surface area contributed by atoms with Crippen LogP contribution in [0.4, 0.5) is 17.6 Å². The van der Waals surface area contributed by atoms with Gasteiger partial charge in [-0.1, -0.05) is 6.07 Å². The first-order valence-corrected chi connectivity index (χ1v) is 6.54. The molecule has 0 unspecified atom stereocenters. The number of nitrogens with zero attached hydrogens (tertiary/aromatic N) is 1. The largest absolute Gasteiger partial charge is 0.459 e. The average molecular weight is 305 g/mol. The monoisotopic (exact) mass is 305 g/mol. The zero-order valence-corrected chi connectivity index (χ0v) is 11.4. The average Bonchev–Trinajstić information content (AvgIpc) is 2.40. The fraction of sp³-hybridized carbons (Fsp3) is 0.500. The molecule has 3 nitrogen and oxygen atoms in total. The third kappa shape index (κ3) is 3.72. The lowest BCUT2D eigenvalue weighted by Crippen LogP contribution is -2.35. The molecule has 1 aliphatic heterocycles. The Bertz CT molecular complexity index is 522. The Morgan fingerprint density at radius 3 is 2.48 bits per heavy atom. The van der Waals surface area contributed by atoms with E-state index in [2.05, 4.69) is 4.90 Å². The minimum atomic E-state index is -4.84. The number of esters is 1. The molecule has 7 heteroatoms. The minimum absolute atomic E-state index is 0.386. The molecule has 1 fully saturated rings. The van der Waals surface area contributed by atoms with Crippen molar-refractivity contribution in [3.05, 3.63) is 35.1 Å². The summed E-state index contributed by atoms with van der Waals surface area (Å²) in [5.41, 5.74) is -2.14. The highest BCUT2D eigenvalue weighted by Crippen LogP contribution is 2.32. The Balaban J connectivity index is 2.13. The molecule has 0 atom stereocenters. The van der Waals surface area contributed by atoms with Gasteiger partial charge in [-0.3, -0.25) is 0 Å². The van der Waals surface area contributed by atoms with Crippen LogP contribution in [-0.4, -0.2) is 37.1 Å². The summed E-state index contributed by atoms with van der Waals surface area (Å²) in [7, 11) is 1.92. The van der Waals surface area contributed by atoms with Crippen LogP contribution in [0.5, 0.6) is 0 Å². The molecule has 0 aromatic heterocycles. The molecule has 0 aliphatic carbocycles. The van der Waals surface area contributed by atoms with Crippen LogP contribution in [0, 0.1) is 5.82 Å². The van der Waals surface area contributed by atoms with Gasteiger partial charge in [0.15, 0.2) is 0 Å². The summed E-state index contributed by atoms with van der Waals surface area (Å²) in [4.78, 5) is 13.9. The standard InChI is InChI=1S/C14H15F4NO2/c1-19-7-5-9(6-8-19)21-13(20)10-3-2-4-11(12(10)15)14(16,17)18/h2-4,9H,5-8H2,1H3. The second kappa shape index (κ2) is 6.01. The van der Waals surface area contributed by atoms with Gasteiger partial charge in [0, 0.05) is 13.1 Å². The Morgan fingerprint density at radius 2 is 1.90 bits per heavy atom. The minimum Gasteiger partial charge on any atom is -0.459 e. The van der Waals surface area contributed by atoms with Gasteiger partial charge in [-0.15, -0.1) is 0 Å². The molecular formula is C14H15F4NO2. The van der Waals surface area contributed by atoms with Crippen molar-refractivity contribution in [3.8, 4) is 0 Å². The van der Waals surface area contributed by atoms with E-state index in [1.165, 1.54) is 0 Å². The summed E-state index contributed by atoms with van der Waals surface area (Å²) in [6.45, 7) is 1.45. The van der Waals surface area contributed by atoms with Gasteiger partial charge in [0.05, 0.1) is 11.1 Å². The maximum Gasteiger partial charge on any atom is 0.419 e. The van der Waals surface area contributed by atoms with Crippen LogP contribution < -0.4 is 0 Å². The molecule has 0 saturated carbocycles. The first-order chi connectivity index (χ1) is 9.79. The number of alkyl halides is 3. The third-order valence-electron chi connectivity index (χ3n) is 3.46. The summed E-state index contributed by atoms with van der Waals surface area (Å²) >= 11 is 0. The lowest BCUT2D eigenvalue weighted by Gasteiger charge is -2.28. The van der Waals surface area contributed by atoms with E-state index >= 15 is 0 Å². The molecule has 0 spiro atoms. The molecule has 21 heavy (non-hydrogen) atoms. The van der Waals surface area contributed by atoms with Gasteiger partial charge in [-0.2, -0.15) is 13.2 Å². The fourth-order valence-electron chi connectivity index (χ4n) is 2.23. The maximum atomic E-state index is 13.8. The van der Waals surface area contributed by atoms with Gasteiger partial charge in [-0.25, -0.2) is 9.18 Å². The normalized spacial score (nSPS) is 17.8. The quantitative estimate of drug-likeness (QED) is 0.621. The second-order valence-electron chi connectivity index (χ2n) is 5.07. The van der Waals surface area contributed by atoms with Crippen LogP contribution in [-0.2, 0) is 10.9 Å². The number of carbonyl (C=O) groups excluding carboxylic acids is 1. The molecule has 116 valence electrons. The number of piperidine rings is 1. The van der Waals surface area contributed by atoms with E-state index in [9.17, 15) is 22.4 Å². The first kappa shape index (κ1) is 15.8. The Hall–Kier alpha value is -1.63. The van der Waals surface area contributed by atoms with E-state index in [0.717, 1.165) is 25.2 Å². The van der Waals surface area contributed by atoms with Crippen LogP contribution in [0.3, 0.4) is 0 Å². The van der Waals surface area contributed by atoms with E-state index in [4.69, 9.17) is 4.74 Å². The fourth-order valence-corrected chi connectivity index (χ4v) is 2.23. The predicted octanol–water partition coefficient (Wildman–Crippen LogP) is 3.10. The zero-order valence-electron chi connectivity index (χ0n) is 11.4. The van der Waals surface area contributed by atoms with Gasteiger partial charge in [0.1, 0.15) is 11.9 Å². The number of carbonyl (C=O) groups is 1. The Kier molecular flexibility index (Phi) is 4.51. The summed E-state index contributed by atoms with van der Waals surface area (Å²) in [5, 5.41) is 0. The highest BCUT2D eigenvalue weighted by Gasteiger charge is 2.36. The van der Waals surface area contributed by atoms with Crippen molar-refractivity contribution in [2.45, 2.75) is 25.1 Å².